The van der Waals surface area contributed by atoms with Gasteiger partial charge in [0.05, 0.1) is 12.1 Å². The summed E-state index contributed by atoms with van der Waals surface area (Å²) in [5.41, 5.74) is 6.85. The van der Waals surface area contributed by atoms with Crippen LogP contribution in [-0.4, -0.2) is 66.6 Å². The van der Waals surface area contributed by atoms with Crippen molar-refractivity contribution < 1.29 is 24.5 Å². The number of phenols is 1. The number of aliphatic imine (C=N–C) groups is 1. The van der Waals surface area contributed by atoms with Crippen LogP contribution in [0.5, 0.6) is 11.5 Å². The average Bonchev–Trinajstić information content (AvgIpc) is 2.88. The molecular weight excluding hydrogens is 472 g/mol. The number of phenolic OH excluding ortho intramolecular Hbond substituents is 1. The Morgan fingerprint density at radius 1 is 1.27 bits per heavy atom. The van der Waals surface area contributed by atoms with E-state index in [0.29, 0.717) is 43.3 Å². The molecule has 6 N–H and O–H groups in total. The minimum absolute atomic E-state index is 0.0893. The van der Waals surface area contributed by atoms with Crippen molar-refractivity contribution in [3.8, 4) is 11.5 Å². The third-order valence-electron chi connectivity index (χ3n) is 7.21. The van der Waals surface area contributed by atoms with Crippen molar-refractivity contribution in [3.63, 3.8) is 0 Å². The van der Waals surface area contributed by atoms with E-state index in [2.05, 4.69) is 27.8 Å². The van der Waals surface area contributed by atoms with Crippen molar-refractivity contribution in [1.82, 2.24) is 10.6 Å². The van der Waals surface area contributed by atoms with Gasteiger partial charge in [0.25, 0.3) is 0 Å². The molecule has 1 aromatic carbocycles. The summed E-state index contributed by atoms with van der Waals surface area (Å²) in [7, 11) is 1.66. The second-order valence-electron chi connectivity index (χ2n) is 10.2. The van der Waals surface area contributed by atoms with Gasteiger partial charge in [-0.15, -0.1) is 0 Å². The minimum Gasteiger partial charge on any atom is -0.504 e. The molecule has 1 saturated heterocycles. The van der Waals surface area contributed by atoms with E-state index in [-0.39, 0.29) is 23.9 Å². The number of aliphatic hydroxyl groups is 1. The smallest absolute Gasteiger partial charge is 0.302 e. The molecule has 0 spiro atoms. The second kappa shape index (κ2) is 14.8. The lowest BCUT2D eigenvalue weighted by Gasteiger charge is -2.30. The van der Waals surface area contributed by atoms with Gasteiger partial charge in [-0.25, -0.2) is 0 Å². The van der Waals surface area contributed by atoms with Gasteiger partial charge < -0.3 is 36.1 Å². The molecule has 0 unspecified atom stereocenters. The number of carbonyl (C=O) groups is 1. The van der Waals surface area contributed by atoms with Gasteiger partial charge in [0.2, 0.25) is 0 Å². The molecule has 1 aromatic rings. The fourth-order valence-corrected chi connectivity index (χ4v) is 5.13. The number of nitrogens with one attached hydrogen (secondary N) is 2. The second-order valence-corrected chi connectivity index (χ2v) is 10.2. The molecule has 0 bridgehead atoms. The van der Waals surface area contributed by atoms with E-state index < -0.39 is 12.2 Å². The van der Waals surface area contributed by atoms with Gasteiger partial charge in [-0.2, -0.15) is 0 Å². The lowest BCUT2D eigenvalue weighted by molar-refractivity contribution is -0.148. The molecule has 1 heterocycles. The molecule has 0 radical (unpaired) electrons. The van der Waals surface area contributed by atoms with Crippen LogP contribution in [0.15, 0.2) is 35.3 Å². The van der Waals surface area contributed by atoms with E-state index in [1.54, 1.807) is 13.1 Å². The normalized spacial score (nSPS) is 22.3. The van der Waals surface area contributed by atoms with Gasteiger partial charge >= 0.3 is 5.97 Å². The molecular formula is C28H44N4O5. The third kappa shape index (κ3) is 9.89. The van der Waals surface area contributed by atoms with Crippen molar-refractivity contribution in [2.75, 3.05) is 20.1 Å². The first-order valence-corrected chi connectivity index (χ1v) is 13.5. The summed E-state index contributed by atoms with van der Waals surface area (Å²) >= 11 is 0. The topological polar surface area (TPSA) is 138 Å². The first-order valence-electron chi connectivity index (χ1n) is 13.5. The zero-order valence-electron chi connectivity index (χ0n) is 22.2. The van der Waals surface area contributed by atoms with Crippen molar-refractivity contribution in [1.29, 1.82) is 0 Å². The van der Waals surface area contributed by atoms with Crippen molar-refractivity contribution in [2.24, 2.45) is 16.6 Å². The third-order valence-corrected chi connectivity index (χ3v) is 7.21. The van der Waals surface area contributed by atoms with Crippen LogP contribution < -0.4 is 21.1 Å². The number of piperidine rings is 1. The van der Waals surface area contributed by atoms with Gasteiger partial charge in [0.1, 0.15) is 12.2 Å². The highest BCUT2D eigenvalue weighted by atomic mass is 16.5. The lowest BCUT2D eigenvalue weighted by atomic mass is 9.84. The molecule has 9 heteroatoms. The molecule has 1 fully saturated rings. The van der Waals surface area contributed by atoms with E-state index in [1.807, 2.05) is 12.1 Å². The number of hydrogen-bond donors (Lipinski definition) is 5. The Morgan fingerprint density at radius 3 is 2.78 bits per heavy atom. The highest BCUT2D eigenvalue weighted by Gasteiger charge is 2.25. The average molecular weight is 517 g/mol. The minimum atomic E-state index is -0.577. The van der Waals surface area contributed by atoms with E-state index >= 15 is 0 Å². The summed E-state index contributed by atoms with van der Waals surface area (Å²) in [5, 5.41) is 27.6. The molecule has 0 amide bonds. The fraction of sp³-hybridized carbons (Fsp3) is 0.643. The Morgan fingerprint density at radius 2 is 2.05 bits per heavy atom. The van der Waals surface area contributed by atoms with Crippen LogP contribution in [0.3, 0.4) is 0 Å². The van der Waals surface area contributed by atoms with E-state index in [4.69, 9.17) is 15.2 Å². The number of ether oxygens (including phenoxy) is 2. The predicted octanol–water partition coefficient (Wildman–Crippen LogP) is 2.79. The van der Waals surface area contributed by atoms with Crippen LogP contribution in [0.25, 0.3) is 0 Å². The number of carbonyl (C=O) groups excluding carboxylic acids is 1. The molecule has 3 rings (SSSR count). The number of rotatable bonds is 12. The summed E-state index contributed by atoms with van der Waals surface area (Å²) in [6, 6.07) is 5.49. The van der Waals surface area contributed by atoms with E-state index in [0.717, 1.165) is 50.8 Å². The molecule has 1 aliphatic heterocycles. The van der Waals surface area contributed by atoms with Gasteiger partial charge in [0.15, 0.2) is 17.5 Å². The molecule has 2 aliphatic rings. The number of benzene rings is 1. The number of esters is 1. The predicted molar refractivity (Wildman–Crippen MR) is 145 cm³/mol. The van der Waals surface area contributed by atoms with E-state index in [9.17, 15) is 15.0 Å². The number of aromatic hydroxyl groups is 1. The van der Waals surface area contributed by atoms with Crippen molar-refractivity contribution >= 4 is 11.9 Å². The number of allylic oxidation sites excluding steroid dienone is 1. The zero-order chi connectivity index (χ0) is 26.6. The van der Waals surface area contributed by atoms with Gasteiger partial charge in [-0.1, -0.05) is 18.2 Å². The Hall–Kier alpha value is -2.78. The number of nitrogens with two attached hydrogens (primary N) is 1. The number of aryl methyl sites for hydroxylation is 1. The molecule has 37 heavy (non-hydrogen) atoms. The quantitative estimate of drug-likeness (QED) is 0.124. The standard InChI is InChI=1S/C28H44N4O5/c1-19(33)36-24(18-22(34)10-9-21-5-3-4-6-25(21)32-28(29)30-2)11-7-20-8-12-26(35)27(17-20)37-23-13-15-31-16-14-23/h4,6,8,12,17,21-25,31,34-35H,3,5,7,9-11,13-16,18H2,1-2H3,(H3,29,30,32)/t21-,22+,24-,25+/m1/s1. The lowest BCUT2D eigenvalue weighted by Crippen LogP contribution is -2.44. The van der Waals surface area contributed by atoms with Gasteiger partial charge in [-0.3, -0.25) is 9.79 Å². The maximum atomic E-state index is 11.7. The van der Waals surface area contributed by atoms with Crippen LogP contribution in [0, 0.1) is 5.92 Å². The number of hydrogen-bond acceptors (Lipinski definition) is 7. The van der Waals surface area contributed by atoms with Crippen LogP contribution in [0.4, 0.5) is 0 Å². The van der Waals surface area contributed by atoms with E-state index in [1.165, 1.54) is 6.92 Å². The highest BCUT2D eigenvalue weighted by Crippen LogP contribution is 2.30. The van der Waals surface area contributed by atoms with Crippen molar-refractivity contribution in [3.05, 3.63) is 35.9 Å². The SMILES string of the molecule is CN=C(N)N[C@H]1C=CCC[C@@H]1CC[C@H](O)C[C@@H](CCc1ccc(O)c(OC2CCNCC2)c1)OC(C)=O. The molecule has 4 atom stereocenters. The van der Waals surface area contributed by atoms with Crippen molar-refractivity contribution in [2.45, 2.75) is 89.1 Å². The number of nitrogens with zero attached hydrogens (tertiary/aromatic N) is 1. The van der Waals surface area contributed by atoms with Gasteiger partial charge in [-0.05, 0) is 88.1 Å². The van der Waals surface area contributed by atoms with Crippen LogP contribution in [-0.2, 0) is 16.0 Å². The van der Waals surface area contributed by atoms with Crippen LogP contribution >= 0.6 is 0 Å². The Bertz CT molecular complexity index is 916. The van der Waals surface area contributed by atoms with Crippen LogP contribution in [0.1, 0.15) is 63.9 Å². The highest BCUT2D eigenvalue weighted by molar-refractivity contribution is 5.78. The van der Waals surface area contributed by atoms with Crippen LogP contribution in [0.2, 0.25) is 0 Å². The largest absolute Gasteiger partial charge is 0.504 e. The monoisotopic (exact) mass is 516 g/mol. The Labute approximate surface area is 220 Å². The molecule has 206 valence electrons. The number of aliphatic hydroxyl groups excluding tert-OH is 1. The Balaban J connectivity index is 1.52. The maximum absolute atomic E-state index is 11.7. The summed E-state index contributed by atoms with van der Waals surface area (Å²) in [5.74, 6) is 1.03. The summed E-state index contributed by atoms with van der Waals surface area (Å²) < 4.78 is 11.6. The zero-order valence-corrected chi connectivity index (χ0v) is 22.2. The number of guanidine groups is 1. The molecule has 0 aromatic heterocycles. The van der Waals surface area contributed by atoms with Gasteiger partial charge in [0, 0.05) is 20.4 Å². The fourth-order valence-electron chi connectivity index (χ4n) is 5.13. The summed E-state index contributed by atoms with van der Waals surface area (Å²) in [6.07, 6.45) is 10.3. The first kappa shape index (κ1) is 28.8. The summed E-state index contributed by atoms with van der Waals surface area (Å²) in [6.45, 7) is 3.22. The molecule has 1 aliphatic carbocycles. The molecule has 0 saturated carbocycles. The summed E-state index contributed by atoms with van der Waals surface area (Å²) in [4.78, 5) is 15.7. The first-order chi connectivity index (χ1) is 17.8. The molecule has 9 nitrogen and oxygen atoms in total. The Kier molecular flexibility index (Phi) is 11.5. The maximum Gasteiger partial charge on any atom is 0.302 e.